The van der Waals surface area contributed by atoms with Gasteiger partial charge in [-0.05, 0) is 24.6 Å². The Labute approximate surface area is 153 Å². The number of aryl methyl sites for hydroxylation is 1. The fraction of sp³-hybridized carbons (Fsp3) is 0.167. The molecule has 7 nitrogen and oxygen atoms in total. The van der Waals surface area contributed by atoms with Gasteiger partial charge in [-0.1, -0.05) is 6.07 Å². The zero-order valence-corrected chi connectivity index (χ0v) is 15.2. The van der Waals surface area contributed by atoms with Gasteiger partial charge in [0.25, 0.3) is 5.91 Å². The van der Waals surface area contributed by atoms with Gasteiger partial charge in [-0.15, -0.1) is 11.3 Å². The number of hydrogen-bond donors (Lipinski definition) is 2. The van der Waals surface area contributed by atoms with Crippen LogP contribution in [-0.2, 0) is 0 Å². The summed E-state index contributed by atoms with van der Waals surface area (Å²) in [4.78, 5) is 16.9. The van der Waals surface area contributed by atoms with E-state index in [0.29, 0.717) is 44.1 Å². The molecule has 0 unspecified atom stereocenters. The first-order chi connectivity index (χ1) is 12.4. The molecule has 0 spiro atoms. The molecule has 0 aliphatic carbocycles. The second-order valence-corrected chi connectivity index (χ2v) is 6.52. The van der Waals surface area contributed by atoms with Crippen LogP contribution in [0.5, 0.6) is 11.5 Å². The number of fused-ring (bicyclic) bond motifs is 1. The Bertz CT molecular complexity index is 1080. The van der Waals surface area contributed by atoms with Gasteiger partial charge in [0.05, 0.1) is 31.2 Å². The second kappa shape index (κ2) is 6.54. The van der Waals surface area contributed by atoms with Crippen LogP contribution in [0.1, 0.15) is 20.9 Å². The van der Waals surface area contributed by atoms with E-state index in [0.717, 1.165) is 11.3 Å². The van der Waals surface area contributed by atoms with E-state index in [1.807, 2.05) is 0 Å². The van der Waals surface area contributed by atoms with Crippen LogP contribution in [0.25, 0.3) is 21.3 Å². The quantitative estimate of drug-likeness (QED) is 0.729. The predicted octanol–water partition coefficient (Wildman–Crippen LogP) is 2.84. The average molecular weight is 368 g/mol. The highest BCUT2D eigenvalue weighted by Crippen LogP contribution is 2.43. The minimum Gasteiger partial charge on any atom is -0.493 e. The van der Waals surface area contributed by atoms with Gasteiger partial charge in [-0.25, -0.2) is 4.98 Å². The van der Waals surface area contributed by atoms with E-state index in [1.165, 1.54) is 7.11 Å². The molecular formula is C18H16N4O3S. The number of nitriles is 1. The number of primary amides is 1. The van der Waals surface area contributed by atoms with Crippen molar-refractivity contribution in [2.75, 3.05) is 20.0 Å². The summed E-state index contributed by atoms with van der Waals surface area (Å²) >= 11 is 1.12. The molecule has 0 radical (unpaired) electrons. The van der Waals surface area contributed by atoms with E-state index in [-0.39, 0.29) is 10.6 Å². The molecule has 2 heterocycles. The average Bonchev–Trinajstić information content (AvgIpc) is 2.96. The lowest BCUT2D eigenvalue weighted by atomic mass is 9.95. The van der Waals surface area contributed by atoms with Gasteiger partial charge in [0, 0.05) is 10.9 Å². The van der Waals surface area contributed by atoms with Crippen LogP contribution in [0.15, 0.2) is 18.2 Å². The molecule has 0 aliphatic heterocycles. The lowest BCUT2D eigenvalue weighted by molar-refractivity contribution is 0.100. The maximum atomic E-state index is 11.7. The lowest BCUT2D eigenvalue weighted by Crippen LogP contribution is -2.10. The first-order valence-corrected chi connectivity index (χ1v) is 8.39. The van der Waals surface area contributed by atoms with E-state index in [1.54, 1.807) is 32.2 Å². The van der Waals surface area contributed by atoms with Crippen LogP contribution in [-0.4, -0.2) is 25.1 Å². The van der Waals surface area contributed by atoms with Gasteiger partial charge in [0.15, 0.2) is 11.5 Å². The molecule has 1 amide bonds. The monoisotopic (exact) mass is 368 g/mol. The third-order valence-electron chi connectivity index (χ3n) is 4.07. The molecule has 0 aliphatic rings. The smallest absolute Gasteiger partial charge is 0.260 e. The number of nitrogens with zero attached hydrogens (tertiary/aromatic N) is 2. The Balaban J connectivity index is 2.44. The van der Waals surface area contributed by atoms with Gasteiger partial charge in [-0.3, -0.25) is 4.79 Å². The molecule has 132 valence electrons. The maximum Gasteiger partial charge on any atom is 0.260 e. The summed E-state index contributed by atoms with van der Waals surface area (Å²) in [5.41, 5.74) is 14.1. The first-order valence-electron chi connectivity index (χ1n) is 7.57. The van der Waals surface area contributed by atoms with Crippen molar-refractivity contribution in [1.82, 2.24) is 4.98 Å². The Kier molecular flexibility index (Phi) is 4.40. The van der Waals surface area contributed by atoms with Gasteiger partial charge >= 0.3 is 0 Å². The highest BCUT2D eigenvalue weighted by Gasteiger charge is 2.23. The fourth-order valence-electron chi connectivity index (χ4n) is 2.87. The predicted molar refractivity (Wildman–Crippen MR) is 101 cm³/mol. The van der Waals surface area contributed by atoms with Crippen LogP contribution in [0.4, 0.5) is 5.69 Å². The largest absolute Gasteiger partial charge is 0.493 e. The molecule has 0 saturated carbocycles. The third kappa shape index (κ3) is 2.59. The molecule has 3 aromatic rings. The highest BCUT2D eigenvalue weighted by atomic mass is 32.1. The number of ether oxygens (including phenoxy) is 2. The molecule has 0 saturated heterocycles. The summed E-state index contributed by atoms with van der Waals surface area (Å²) in [6.07, 6.45) is 0. The van der Waals surface area contributed by atoms with Crippen molar-refractivity contribution in [3.63, 3.8) is 0 Å². The number of benzene rings is 1. The van der Waals surface area contributed by atoms with Crippen LogP contribution >= 0.6 is 11.3 Å². The van der Waals surface area contributed by atoms with Crippen molar-refractivity contribution < 1.29 is 14.3 Å². The molecular weight excluding hydrogens is 352 g/mol. The SMILES string of the molecule is COc1ccc(-c2c(C#N)c(C)nc3sc(C(N)=O)c(N)c23)cc1OC. The topological polar surface area (TPSA) is 124 Å². The minimum atomic E-state index is -0.625. The van der Waals surface area contributed by atoms with E-state index in [4.69, 9.17) is 20.9 Å². The Morgan fingerprint density at radius 3 is 2.54 bits per heavy atom. The molecule has 0 fully saturated rings. The van der Waals surface area contributed by atoms with E-state index in [2.05, 4.69) is 11.1 Å². The summed E-state index contributed by atoms with van der Waals surface area (Å²) in [5.74, 6) is 0.452. The van der Waals surface area contributed by atoms with Crippen LogP contribution in [0.3, 0.4) is 0 Å². The van der Waals surface area contributed by atoms with E-state index >= 15 is 0 Å². The third-order valence-corrected chi connectivity index (χ3v) is 5.18. The lowest BCUT2D eigenvalue weighted by Gasteiger charge is -2.13. The molecule has 1 aromatic carbocycles. The zero-order chi connectivity index (χ0) is 19.0. The van der Waals surface area contributed by atoms with Crippen LogP contribution in [0, 0.1) is 18.3 Å². The van der Waals surface area contributed by atoms with Crippen LogP contribution < -0.4 is 20.9 Å². The number of hydrogen-bond acceptors (Lipinski definition) is 7. The maximum absolute atomic E-state index is 11.7. The number of nitrogens with two attached hydrogens (primary N) is 2. The fourth-order valence-corrected chi connectivity index (χ4v) is 3.87. The van der Waals surface area contributed by atoms with Gasteiger partial charge in [0.2, 0.25) is 0 Å². The number of methoxy groups -OCH3 is 2. The molecule has 3 rings (SSSR count). The number of carbonyl (C=O) groups is 1. The Hall–Kier alpha value is -3.31. The minimum absolute atomic E-state index is 0.226. The Morgan fingerprint density at radius 1 is 1.27 bits per heavy atom. The van der Waals surface area contributed by atoms with Crippen molar-refractivity contribution in [3.05, 3.63) is 34.3 Å². The number of carbonyl (C=O) groups excluding carboxylic acids is 1. The second-order valence-electron chi connectivity index (χ2n) is 5.52. The van der Waals surface area contributed by atoms with Crippen LogP contribution in [0.2, 0.25) is 0 Å². The number of pyridine rings is 1. The summed E-state index contributed by atoms with van der Waals surface area (Å²) in [6.45, 7) is 1.74. The number of amides is 1. The standard InChI is InChI=1S/C18H16N4O3S/c1-8-10(7-19)13(9-4-5-11(24-2)12(6-9)25-3)14-15(20)16(17(21)23)26-18(14)22-8/h4-6H,20H2,1-3H3,(H2,21,23). The molecule has 0 bridgehead atoms. The molecule has 0 atom stereocenters. The van der Waals surface area contributed by atoms with Crippen molar-refractivity contribution in [2.24, 2.45) is 5.73 Å². The first kappa shape index (κ1) is 17.5. The molecule has 26 heavy (non-hydrogen) atoms. The molecule has 2 aromatic heterocycles. The number of nitrogen functional groups attached to an aromatic ring is 1. The van der Waals surface area contributed by atoms with Gasteiger partial charge in [0.1, 0.15) is 15.8 Å². The van der Waals surface area contributed by atoms with Crippen molar-refractivity contribution in [3.8, 4) is 28.7 Å². The highest BCUT2D eigenvalue weighted by molar-refractivity contribution is 7.21. The summed E-state index contributed by atoms with van der Waals surface area (Å²) in [6, 6.07) is 7.49. The van der Waals surface area contributed by atoms with Crippen molar-refractivity contribution in [2.45, 2.75) is 6.92 Å². The molecule has 8 heteroatoms. The summed E-state index contributed by atoms with van der Waals surface area (Å²) in [7, 11) is 3.08. The number of thiophene rings is 1. The summed E-state index contributed by atoms with van der Waals surface area (Å²) in [5, 5.41) is 10.2. The number of rotatable bonds is 4. The summed E-state index contributed by atoms with van der Waals surface area (Å²) < 4.78 is 10.6. The van der Waals surface area contributed by atoms with E-state index < -0.39 is 5.91 Å². The molecule has 4 N–H and O–H groups in total. The Morgan fingerprint density at radius 2 is 1.96 bits per heavy atom. The van der Waals surface area contributed by atoms with Crippen molar-refractivity contribution >= 4 is 33.1 Å². The number of aromatic nitrogens is 1. The van der Waals surface area contributed by atoms with E-state index in [9.17, 15) is 10.1 Å². The normalized spacial score (nSPS) is 10.5. The van der Waals surface area contributed by atoms with Gasteiger partial charge < -0.3 is 20.9 Å². The number of anilines is 1. The zero-order valence-electron chi connectivity index (χ0n) is 14.4. The van der Waals surface area contributed by atoms with Gasteiger partial charge in [-0.2, -0.15) is 5.26 Å². The van der Waals surface area contributed by atoms with Crippen molar-refractivity contribution in [1.29, 1.82) is 5.26 Å².